The molecule has 1 unspecified atom stereocenters. The maximum Gasteiger partial charge on any atom is 0.231 e. The summed E-state index contributed by atoms with van der Waals surface area (Å²) in [6, 6.07) is 2.84. The minimum absolute atomic E-state index is 0.157. The number of rotatable bonds is 2. The van der Waals surface area contributed by atoms with Crippen molar-refractivity contribution in [3.8, 4) is 11.5 Å². The number of aliphatic hydroxyl groups is 1. The first-order chi connectivity index (χ1) is 6.72. The Morgan fingerprint density at radius 2 is 2.29 bits per heavy atom. The van der Waals surface area contributed by atoms with E-state index in [1.807, 2.05) is 0 Å². The number of aliphatic hydroxyl groups excluding tert-OH is 1. The normalized spacial score (nSPS) is 15.6. The largest absolute Gasteiger partial charge is 0.454 e. The van der Waals surface area contributed by atoms with Gasteiger partial charge >= 0.3 is 0 Å². The molecule has 0 saturated heterocycles. The van der Waals surface area contributed by atoms with E-state index in [4.69, 9.17) is 31.9 Å². The summed E-state index contributed by atoms with van der Waals surface area (Å²) < 4.78 is 10.4. The Labute approximate surface area is 86.2 Å². The van der Waals surface area contributed by atoms with Gasteiger partial charge in [-0.2, -0.15) is 0 Å². The van der Waals surface area contributed by atoms with Crippen LogP contribution in [0.15, 0.2) is 12.1 Å². The molecular formula is C9H10ClNO3. The van der Waals surface area contributed by atoms with Crippen molar-refractivity contribution in [2.75, 3.05) is 13.4 Å². The summed E-state index contributed by atoms with van der Waals surface area (Å²) in [6.07, 6.45) is 0. The molecule has 1 heterocycles. The zero-order chi connectivity index (χ0) is 10.1. The van der Waals surface area contributed by atoms with Crippen molar-refractivity contribution in [1.29, 1.82) is 0 Å². The summed E-state index contributed by atoms with van der Waals surface area (Å²) in [6.45, 7) is 0.0109. The summed E-state index contributed by atoms with van der Waals surface area (Å²) in [5.74, 6) is 1.16. The van der Waals surface area contributed by atoms with Gasteiger partial charge in [-0.1, -0.05) is 11.6 Å². The standard InChI is InChI=1S/C9H10ClNO3/c10-5-1-6(7(11)3-12)9-8(2-5)13-4-14-9/h1-2,7,12H,3-4,11H2. The fraction of sp³-hybridized carbons (Fsp3) is 0.333. The van der Waals surface area contributed by atoms with Crippen LogP contribution in [0.2, 0.25) is 5.02 Å². The van der Waals surface area contributed by atoms with E-state index in [0.29, 0.717) is 22.1 Å². The van der Waals surface area contributed by atoms with Gasteiger partial charge in [0.05, 0.1) is 12.6 Å². The van der Waals surface area contributed by atoms with Crippen LogP contribution in [0.5, 0.6) is 11.5 Å². The van der Waals surface area contributed by atoms with E-state index in [1.165, 1.54) is 0 Å². The Bertz CT molecular complexity index is 356. The zero-order valence-electron chi connectivity index (χ0n) is 7.37. The number of ether oxygens (including phenoxy) is 2. The molecule has 0 radical (unpaired) electrons. The number of halogens is 1. The molecule has 0 amide bonds. The van der Waals surface area contributed by atoms with E-state index in [2.05, 4.69) is 0 Å². The monoisotopic (exact) mass is 215 g/mol. The second kappa shape index (κ2) is 3.65. The van der Waals surface area contributed by atoms with Gasteiger partial charge in [0.25, 0.3) is 0 Å². The molecule has 3 N–H and O–H groups in total. The number of fused-ring (bicyclic) bond motifs is 1. The maximum absolute atomic E-state index is 8.95. The van der Waals surface area contributed by atoms with Gasteiger partial charge in [-0.3, -0.25) is 0 Å². The third kappa shape index (κ3) is 1.52. The van der Waals surface area contributed by atoms with E-state index in [9.17, 15) is 0 Å². The molecule has 2 rings (SSSR count). The Balaban J connectivity index is 2.48. The van der Waals surface area contributed by atoms with Crippen LogP contribution in [0.25, 0.3) is 0 Å². The molecule has 0 spiro atoms. The average Bonchev–Trinajstić information content (AvgIpc) is 2.62. The summed E-state index contributed by atoms with van der Waals surface area (Å²) >= 11 is 5.86. The molecule has 1 atom stereocenters. The van der Waals surface area contributed by atoms with E-state index in [-0.39, 0.29) is 13.4 Å². The quantitative estimate of drug-likeness (QED) is 0.775. The summed E-state index contributed by atoms with van der Waals surface area (Å²) in [5, 5.41) is 9.47. The van der Waals surface area contributed by atoms with Crippen LogP contribution in [0.1, 0.15) is 11.6 Å². The van der Waals surface area contributed by atoms with E-state index < -0.39 is 6.04 Å². The van der Waals surface area contributed by atoms with Crippen molar-refractivity contribution >= 4 is 11.6 Å². The Morgan fingerprint density at radius 3 is 3.00 bits per heavy atom. The first-order valence-corrected chi connectivity index (χ1v) is 4.55. The maximum atomic E-state index is 8.95. The molecule has 1 aliphatic rings. The lowest BCUT2D eigenvalue weighted by molar-refractivity contribution is 0.172. The molecule has 1 aromatic rings. The van der Waals surface area contributed by atoms with E-state index in [1.54, 1.807) is 12.1 Å². The highest BCUT2D eigenvalue weighted by Gasteiger charge is 2.22. The molecule has 4 nitrogen and oxygen atoms in total. The van der Waals surface area contributed by atoms with Gasteiger partial charge < -0.3 is 20.3 Å². The van der Waals surface area contributed by atoms with Crippen molar-refractivity contribution in [1.82, 2.24) is 0 Å². The molecule has 1 aromatic carbocycles. The smallest absolute Gasteiger partial charge is 0.231 e. The number of hydrogen-bond donors (Lipinski definition) is 2. The number of hydrogen-bond acceptors (Lipinski definition) is 4. The lowest BCUT2D eigenvalue weighted by Gasteiger charge is -2.11. The third-order valence-corrected chi connectivity index (χ3v) is 2.28. The summed E-state index contributed by atoms with van der Waals surface area (Å²) in [7, 11) is 0. The van der Waals surface area contributed by atoms with Gasteiger partial charge in [-0.05, 0) is 6.07 Å². The van der Waals surface area contributed by atoms with Crippen LogP contribution >= 0.6 is 11.6 Å². The number of benzene rings is 1. The first-order valence-electron chi connectivity index (χ1n) is 4.18. The molecule has 0 fully saturated rings. The lowest BCUT2D eigenvalue weighted by Crippen LogP contribution is -2.15. The number of nitrogens with two attached hydrogens (primary N) is 1. The van der Waals surface area contributed by atoms with Gasteiger partial charge in [0, 0.05) is 16.7 Å². The Kier molecular flexibility index (Phi) is 2.50. The van der Waals surface area contributed by atoms with Crippen molar-refractivity contribution in [2.24, 2.45) is 5.73 Å². The van der Waals surface area contributed by atoms with Crippen molar-refractivity contribution in [2.45, 2.75) is 6.04 Å². The first kappa shape index (κ1) is 9.58. The highest BCUT2D eigenvalue weighted by molar-refractivity contribution is 6.30. The van der Waals surface area contributed by atoms with E-state index >= 15 is 0 Å². The second-order valence-corrected chi connectivity index (χ2v) is 3.45. The molecule has 0 saturated carbocycles. The SMILES string of the molecule is NC(CO)c1cc(Cl)cc2c1OCO2. The fourth-order valence-corrected chi connectivity index (χ4v) is 1.59. The Morgan fingerprint density at radius 1 is 1.50 bits per heavy atom. The molecule has 0 aliphatic carbocycles. The van der Waals surface area contributed by atoms with Crippen LogP contribution in [-0.2, 0) is 0 Å². The molecule has 1 aliphatic heterocycles. The molecule has 14 heavy (non-hydrogen) atoms. The van der Waals surface area contributed by atoms with Gasteiger partial charge in [0.2, 0.25) is 6.79 Å². The highest BCUT2D eigenvalue weighted by atomic mass is 35.5. The lowest BCUT2D eigenvalue weighted by atomic mass is 10.1. The third-order valence-electron chi connectivity index (χ3n) is 2.06. The van der Waals surface area contributed by atoms with Gasteiger partial charge in [-0.15, -0.1) is 0 Å². The van der Waals surface area contributed by atoms with Crippen LogP contribution in [-0.4, -0.2) is 18.5 Å². The minimum Gasteiger partial charge on any atom is -0.454 e. The molecule has 5 heteroatoms. The minimum atomic E-state index is -0.496. The molecular weight excluding hydrogens is 206 g/mol. The highest BCUT2D eigenvalue weighted by Crippen LogP contribution is 2.40. The van der Waals surface area contributed by atoms with Gasteiger partial charge in [0.1, 0.15) is 0 Å². The summed E-state index contributed by atoms with van der Waals surface area (Å²) in [4.78, 5) is 0. The van der Waals surface area contributed by atoms with Crippen LogP contribution in [0, 0.1) is 0 Å². The fourth-order valence-electron chi connectivity index (χ4n) is 1.38. The second-order valence-electron chi connectivity index (χ2n) is 3.02. The van der Waals surface area contributed by atoms with Crippen molar-refractivity contribution in [3.63, 3.8) is 0 Å². The predicted molar refractivity (Wildman–Crippen MR) is 51.6 cm³/mol. The van der Waals surface area contributed by atoms with Crippen LogP contribution in [0.3, 0.4) is 0 Å². The molecule has 76 valence electrons. The predicted octanol–water partition coefficient (Wildman–Crippen LogP) is 1.06. The van der Waals surface area contributed by atoms with Crippen LogP contribution in [0.4, 0.5) is 0 Å². The zero-order valence-corrected chi connectivity index (χ0v) is 8.12. The van der Waals surface area contributed by atoms with E-state index in [0.717, 1.165) is 0 Å². The average molecular weight is 216 g/mol. The summed E-state index contributed by atoms with van der Waals surface area (Å²) in [5.41, 5.74) is 6.37. The van der Waals surface area contributed by atoms with Gasteiger partial charge in [-0.25, -0.2) is 0 Å². The van der Waals surface area contributed by atoms with Crippen LogP contribution < -0.4 is 15.2 Å². The molecule has 0 bridgehead atoms. The van der Waals surface area contributed by atoms with Crippen molar-refractivity contribution in [3.05, 3.63) is 22.7 Å². The van der Waals surface area contributed by atoms with Gasteiger partial charge in [0.15, 0.2) is 11.5 Å². The molecule has 0 aromatic heterocycles. The topological polar surface area (TPSA) is 64.7 Å². The van der Waals surface area contributed by atoms with Crippen molar-refractivity contribution < 1.29 is 14.6 Å². The Hall–Kier alpha value is -0.970.